The van der Waals surface area contributed by atoms with E-state index in [4.69, 9.17) is 4.42 Å². The Balaban J connectivity index is 1.78. The van der Waals surface area contributed by atoms with Gasteiger partial charge in [-0.05, 0) is 28.1 Å². The van der Waals surface area contributed by atoms with Gasteiger partial charge < -0.3 is 14.7 Å². The summed E-state index contributed by atoms with van der Waals surface area (Å²) in [6.45, 7) is 1.41. The molecule has 0 saturated carbocycles. The highest BCUT2D eigenvalue weighted by atomic mass is 79.9. The number of imidazole rings is 1. The maximum Gasteiger partial charge on any atom is 0.169 e. The van der Waals surface area contributed by atoms with Crippen LogP contribution in [-0.4, -0.2) is 9.97 Å². The number of hydrogen-bond donors (Lipinski definition) is 2. The second kappa shape index (κ2) is 4.43. The van der Waals surface area contributed by atoms with Crippen molar-refractivity contribution in [3.05, 3.63) is 40.8 Å². The molecule has 0 amide bonds. The lowest BCUT2D eigenvalue weighted by Crippen LogP contribution is -2.13. The van der Waals surface area contributed by atoms with Gasteiger partial charge in [0.25, 0.3) is 0 Å². The van der Waals surface area contributed by atoms with Crippen LogP contribution in [0.5, 0.6) is 0 Å². The van der Waals surface area contributed by atoms with E-state index in [9.17, 15) is 0 Å². The van der Waals surface area contributed by atoms with Crippen molar-refractivity contribution in [3.63, 3.8) is 0 Å². The SMILES string of the molecule is Brc1ccc(CNCc2ncc[nH]2)o1. The zero-order chi connectivity index (χ0) is 9.80. The molecule has 0 unspecified atom stereocenters. The normalized spacial score (nSPS) is 10.6. The average molecular weight is 256 g/mol. The lowest BCUT2D eigenvalue weighted by atomic mass is 10.4. The molecule has 2 aromatic heterocycles. The standard InChI is InChI=1S/C9H10BrN3O/c10-8-2-1-7(14-8)5-11-6-9-12-3-4-13-9/h1-4,11H,5-6H2,(H,12,13). The van der Waals surface area contributed by atoms with Crippen LogP contribution in [0, 0.1) is 0 Å². The Bertz CT molecular complexity index is 382. The number of nitrogens with zero attached hydrogens (tertiary/aromatic N) is 1. The van der Waals surface area contributed by atoms with Gasteiger partial charge in [-0.3, -0.25) is 0 Å². The molecule has 0 spiro atoms. The Morgan fingerprint density at radius 3 is 3.00 bits per heavy atom. The van der Waals surface area contributed by atoms with E-state index >= 15 is 0 Å². The Morgan fingerprint density at radius 2 is 2.36 bits per heavy atom. The van der Waals surface area contributed by atoms with Crippen molar-refractivity contribution in [2.45, 2.75) is 13.1 Å². The van der Waals surface area contributed by atoms with Gasteiger partial charge in [-0.25, -0.2) is 4.98 Å². The number of nitrogens with one attached hydrogen (secondary N) is 2. The van der Waals surface area contributed by atoms with Crippen LogP contribution in [-0.2, 0) is 13.1 Å². The molecule has 0 bridgehead atoms. The van der Waals surface area contributed by atoms with Crippen molar-refractivity contribution in [1.82, 2.24) is 15.3 Å². The summed E-state index contributed by atoms with van der Waals surface area (Å²) in [7, 11) is 0. The zero-order valence-electron chi connectivity index (χ0n) is 7.46. The van der Waals surface area contributed by atoms with Crippen LogP contribution < -0.4 is 5.32 Å². The molecule has 0 fully saturated rings. The number of halogens is 1. The van der Waals surface area contributed by atoms with Gasteiger partial charge in [-0.1, -0.05) is 0 Å². The lowest BCUT2D eigenvalue weighted by Gasteiger charge is -1.98. The molecule has 0 aliphatic heterocycles. The number of aromatic amines is 1. The fourth-order valence-corrected chi connectivity index (χ4v) is 1.49. The monoisotopic (exact) mass is 255 g/mol. The summed E-state index contributed by atoms with van der Waals surface area (Å²) in [5, 5.41) is 3.21. The van der Waals surface area contributed by atoms with Gasteiger partial charge in [-0.2, -0.15) is 0 Å². The first-order chi connectivity index (χ1) is 6.84. The average Bonchev–Trinajstić information content (AvgIpc) is 2.77. The molecule has 2 heterocycles. The Kier molecular flexibility index (Phi) is 3.00. The number of rotatable bonds is 4. The molecule has 0 aliphatic rings. The van der Waals surface area contributed by atoms with Gasteiger partial charge >= 0.3 is 0 Å². The second-order valence-electron chi connectivity index (χ2n) is 2.85. The maximum absolute atomic E-state index is 5.33. The van der Waals surface area contributed by atoms with Crippen LogP contribution in [0.4, 0.5) is 0 Å². The molecular weight excluding hydrogens is 246 g/mol. The van der Waals surface area contributed by atoms with Gasteiger partial charge in [-0.15, -0.1) is 0 Å². The van der Waals surface area contributed by atoms with E-state index < -0.39 is 0 Å². The van der Waals surface area contributed by atoms with E-state index in [0.717, 1.165) is 16.3 Å². The van der Waals surface area contributed by atoms with Crippen LogP contribution in [0.2, 0.25) is 0 Å². The van der Waals surface area contributed by atoms with Crippen molar-refractivity contribution >= 4 is 15.9 Å². The maximum atomic E-state index is 5.33. The molecule has 0 atom stereocenters. The highest BCUT2D eigenvalue weighted by molar-refractivity contribution is 9.10. The predicted octanol–water partition coefficient (Wildman–Crippen LogP) is 2.05. The topological polar surface area (TPSA) is 53.9 Å². The highest BCUT2D eigenvalue weighted by Crippen LogP contribution is 2.13. The van der Waals surface area contributed by atoms with Gasteiger partial charge in [0.1, 0.15) is 11.6 Å². The first kappa shape index (κ1) is 9.48. The fraction of sp³-hybridized carbons (Fsp3) is 0.222. The van der Waals surface area contributed by atoms with E-state index in [0.29, 0.717) is 13.1 Å². The minimum absolute atomic E-state index is 0.701. The van der Waals surface area contributed by atoms with Crippen LogP contribution >= 0.6 is 15.9 Å². The molecule has 2 aromatic rings. The summed E-state index contributed by atoms with van der Waals surface area (Å²) in [5.74, 6) is 1.83. The zero-order valence-corrected chi connectivity index (χ0v) is 9.04. The van der Waals surface area contributed by atoms with Crippen molar-refractivity contribution in [3.8, 4) is 0 Å². The summed E-state index contributed by atoms with van der Waals surface area (Å²) in [6.07, 6.45) is 3.54. The third kappa shape index (κ3) is 2.46. The van der Waals surface area contributed by atoms with Crippen molar-refractivity contribution in [2.24, 2.45) is 0 Å². The molecule has 2 rings (SSSR count). The van der Waals surface area contributed by atoms with E-state index in [-0.39, 0.29) is 0 Å². The third-order valence-electron chi connectivity index (χ3n) is 1.78. The summed E-state index contributed by atoms with van der Waals surface area (Å²) < 4.78 is 6.08. The lowest BCUT2D eigenvalue weighted by molar-refractivity contribution is 0.463. The largest absolute Gasteiger partial charge is 0.453 e. The predicted molar refractivity (Wildman–Crippen MR) is 55.5 cm³/mol. The van der Waals surface area contributed by atoms with Crippen LogP contribution in [0.1, 0.15) is 11.6 Å². The molecule has 0 aromatic carbocycles. The Labute approximate surface area is 89.9 Å². The third-order valence-corrected chi connectivity index (χ3v) is 2.20. The van der Waals surface area contributed by atoms with E-state index in [1.807, 2.05) is 12.1 Å². The van der Waals surface area contributed by atoms with E-state index in [1.54, 1.807) is 12.4 Å². The summed E-state index contributed by atoms with van der Waals surface area (Å²) in [6, 6.07) is 3.81. The molecular formula is C9H10BrN3O. The van der Waals surface area contributed by atoms with E-state index in [2.05, 4.69) is 31.2 Å². The summed E-state index contributed by atoms with van der Waals surface area (Å²) in [5.41, 5.74) is 0. The molecule has 5 heteroatoms. The summed E-state index contributed by atoms with van der Waals surface area (Å²) in [4.78, 5) is 7.11. The van der Waals surface area contributed by atoms with Crippen LogP contribution in [0.25, 0.3) is 0 Å². The van der Waals surface area contributed by atoms with Crippen molar-refractivity contribution in [1.29, 1.82) is 0 Å². The number of H-pyrrole nitrogens is 1. The molecule has 0 saturated heterocycles. The Morgan fingerprint density at radius 1 is 1.43 bits per heavy atom. The number of furan rings is 1. The Hall–Kier alpha value is -1.07. The summed E-state index contributed by atoms with van der Waals surface area (Å²) >= 11 is 3.25. The molecule has 4 nitrogen and oxygen atoms in total. The first-order valence-corrected chi connectivity index (χ1v) is 5.07. The molecule has 0 aliphatic carbocycles. The molecule has 0 radical (unpaired) electrons. The van der Waals surface area contributed by atoms with Gasteiger partial charge in [0, 0.05) is 12.4 Å². The molecule has 14 heavy (non-hydrogen) atoms. The van der Waals surface area contributed by atoms with Crippen molar-refractivity contribution in [2.75, 3.05) is 0 Å². The number of aromatic nitrogens is 2. The first-order valence-electron chi connectivity index (χ1n) is 4.28. The smallest absolute Gasteiger partial charge is 0.169 e. The van der Waals surface area contributed by atoms with Crippen molar-refractivity contribution < 1.29 is 4.42 Å². The second-order valence-corrected chi connectivity index (χ2v) is 3.63. The fourth-order valence-electron chi connectivity index (χ4n) is 1.15. The highest BCUT2D eigenvalue weighted by Gasteiger charge is 1.99. The minimum Gasteiger partial charge on any atom is -0.453 e. The van der Waals surface area contributed by atoms with Gasteiger partial charge in [0.15, 0.2) is 4.67 Å². The van der Waals surface area contributed by atoms with Gasteiger partial charge in [0.2, 0.25) is 0 Å². The van der Waals surface area contributed by atoms with E-state index in [1.165, 1.54) is 0 Å². The van der Waals surface area contributed by atoms with Crippen LogP contribution in [0.15, 0.2) is 33.6 Å². The minimum atomic E-state index is 0.701. The molecule has 74 valence electrons. The number of hydrogen-bond acceptors (Lipinski definition) is 3. The quantitative estimate of drug-likeness (QED) is 0.880. The van der Waals surface area contributed by atoms with Crippen LogP contribution in [0.3, 0.4) is 0 Å². The van der Waals surface area contributed by atoms with Gasteiger partial charge in [0.05, 0.1) is 13.1 Å². The molecule has 2 N–H and O–H groups in total.